The summed E-state index contributed by atoms with van der Waals surface area (Å²) in [6.45, 7) is 6.87. The van der Waals surface area contributed by atoms with Crippen LogP contribution in [0.15, 0.2) is 23.7 Å². The van der Waals surface area contributed by atoms with Crippen molar-refractivity contribution in [3.05, 3.63) is 34.4 Å². The summed E-state index contributed by atoms with van der Waals surface area (Å²) in [6.07, 6.45) is 2.75. The van der Waals surface area contributed by atoms with E-state index in [0.29, 0.717) is 6.61 Å². The highest BCUT2D eigenvalue weighted by molar-refractivity contribution is 7.09. The van der Waals surface area contributed by atoms with Gasteiger partial charge in [-0.3, -0.25) is 0 Å². The van der Waals surface area contributed by atoms with Crippen LogP contribution in [0.3, 0.4) is 0 Å². The van der Waals surface area contributed by atoms with Gasteiger partial charge in [-0.1, -0.05) is 6.92 Å². The van der Waals surface area contributed by atoms with E-state index in [0.717, 1.165) is 28.7 Å². The van der Waals surface area contributed by atoms with Crippen molar-refractivity contribution in [1.82, 2.24) is 9.97 Å². The molecule has 19 heavy (non-hydrogen) atoms. The zero-order valence-corrected chi connectivity index (χ0v) is 12.3. The molecular formula is C14H19N3OS. The molecule has 0 aliphatic carbocycles. The summed E-state index contributed by atoms with van der Waals surface area (Å²) < 4.78 is 5.69. The Morgan fingerprint density at radius 1 is 1.47 bits per heavy atom. The molecule has 0 saturated heterocycles. The molecular weight excluding hydrogens is 258 g/mol. The van der Waals surface area contributed by atoms with Crippen LogP contribution in [0, 0.1) is 6.92 Å². The van der Waals surface area contributed by atoms with Gasteiger partial charge in [-0.2, -0.15) is 0 Å². The van der Waals surface area contributed by atoms with Crippen molar-refractivity contribution < 1.29 is 4.74 Å². The maximum atomic E-state index is 5.69. The van der Waals surface area contributed by atoms with E-state index >= 15 is 0 Å². The van der Waals surface area contributed by atoms with Crippen molar-refractivity contribution in [1.29, 1.82) is 0 Å². The molecule has 0 amide bonds. The van der Waals surface area contributed by atoms with Crippen LogP contribution in [0.4, 0.5) is 5.82 Å². The topological polar surface area (TPSA) is 47.0 Å². The zero-order valence-electron chi connectivity index (χ0n) is 11.5. The first-order valence-electron chi connectivity index (χ1n) is 6.47. The molecule has 2 heterocycles. The van der Waals surface area contributed by atoms with Gasteiger partial charge in [0, 0.05) is 17.3 Å². The third-order valence-corrected chi connectivity index (χ3v) is 3.74. The number of aromatic nitrogens is 2. The Bertz CT molecular complexity index is 527. The molecule has 0 aliphatic rings. The van der Waals surface area contributed by atoms with Crippen LogP contribution in [0.2, 0.25) is 0 Å². The van der Waals surface area contributed by atoms with Gasteiger partial charge in [-0.05, 0) is 32.4 Å². The zero-order chi connectivity index (χ0) is 13.7. The first kappa shape index (κ1) is 13.8. The number of hydrogen-bond acceptors (Lipinski definition) is 5. The van der Waals surface area contributed by atoms with Crippen molar-refractivity contribution in [2.24, 2.45) is 0 Å². The van der Waals surface area contributed by atoms with Gasteiger partial charge in [0.05, 0.1) is 12.6 Å². The number of aryl methyl sites for hydroxylation is 1. The van der Waals surface area contributed by atoms with E-state index in [1.54, 1.807) is 17.5 Å². The molecule has 1 N–H and O–H groups in total. The fourth-order valence-electron chi connectivity index (χ4n) is 1.67. The van der Waals surface area contributed by atoms with E-state index in [2.05, 4.69) is 34.5 Å². The highest BCUT2D eigenvalue weighted by Crippen LogP contribution is 2.27. The molecule has 0 aromatic carbocycles. The standard InChI is InChI=1S/C14H19N3OS/c1-4-8-18-12-6-5-7-15-13(12)17-11(3)14-16-10(2)9-19-14/h5-7,9,11H,4,8H2,1-3H3,(H,15,17). The average molecular weight is 277 g/mol. The Kier molecular flexibility index (Phi) is 4.74. The van der Waals surface area contributed by atoms with Gasteiger partial charge in [0.1, 0.15) is 5.01 Å². The second-order valence-corrected chi connectivity index (χ2v) is 5.28. The minimum absolute atomic E-state index is 0.123. The van der Waals surface area contributed by atoms with Crippen molar-refractivity contribution >= 4 is 17.2 Å². The van der Waals surface area contributed by atoms with Crippen LogP contribution in [0.5, 0.6) is 5.75 Å². The van der Waals surface area contributed by atoms with E-state index in [-0.39, 0.29) is 6.04 Å². The number of thiazole rings is 1. The summed E-state index contributed by atoms with van der Waals surface area (Å²) >= 11 is 1.66. The number of nitrogens with one attached hydrogen (secondary N) is 1. The number of rotatable bonds is 6. The fraction of sp³-hybridized carbons (Fsp3) is 0.429. The van der Waals surface area contributed by atoms with Crippen molar-refractivity contribution in [2.45, 2.75) is 33.2 Å². The lowest BCUT2D eigenvalue weighted by molar-refractivity contribution is 0.317. The Hall–Kier alpha value is -1.62. The Labute approximate surface area is 117 Å². The minimum Gasteiger partial charge on any atom is -0.490 e. The van der Waals surface area contributed by atoms with Gasteiger partial charge >= 0.3 is 0 Å². The average Bonchev–Trinajstić information content (AvgIpc) is 2.84. The Morgan fingerprint density at radius 3 is 3.00 bits per heavy atom. The van der Waals surface area contributed by atoms with Crippen LogP contribution in [0.1, 0.15) is 37.0 Å². The molecule has 0 bridgehead atoms. The van der Waals surface area contributed by atoms with Gasteiger partial charge in [-0.15, -0.1) is 11.3 Å². The van der Waals surface area contributed by atoms with E-state index < -0.39 is 0 Å². The number of hydrogen-bond donors (Lipinski definition) is 1. The molecule has 2 aromatic heterocycles. The first-order chi connectivity index (χ1) is 9.20. The predicted molar refractivity (Wildman–Crippen MR) is 78.9 cm³/mol. The summed E-state index contributed by atoms with van der Waals surface area (Å²) in [5.74, 6) is 1.57. The lowest BCUT2D eigenvalue weighted by atomic mass is 10.3. The van der Waals surface area contributed by atoms with Gasteiger partial charge < -0.3 is 10.1 Å². The molecule has 1 unspecified atom stereocenters. The summed E-state index contributed by atoms with van der Waals surface area (Å²) in [4.78, 5) is 8.83. The molecule has 1 atom stereocenters. The lowest BCUT2D eigenvalue weighted by Gasteiger charge is -2.15. The van der Waals surface area contributed by atoms with E-state index in [1.807, 2.05) is 19.1 Å². The minimum atomic E-state index is 0.123. The Balaban J connectivity index is 2.09. The highest BCUT2D eigenvalue weighted by Gasteiger charge is 2.12. The number of anilines is 1. The molecule has 2 aromatic rings. The van der Waals surface area contributed by atoms with E-state index in [4.69, 9.17) is 4.74 Å². The molecule has 4 nitrogen and oxygen atoms in total. The third-order valence-electron chi connectivity index (χ3n) is 2.59. The quantitative estimate of drug-likeness (QED) is 0.872. The number of ether oxygens (including phenoxy) is 1. The van der Waals surface area contributed by atoms with E-state index in [1.165, 1.54) is 0 Å². The smallest absolute Gasteiger partial charge is 0.169 e. The van der Waals surface area contributed by atoms with Crippen LogP contribution in [-0.4, -0.2) is 16.6 Å². The number of nitrogens with zero attached hydrogens (tertiary/aromatic N) is 2. The molecule has 2 rings (SSSR count). The monoisotopic (exact) mass is 277 g/mol. The summed E-state index contributed by atoms with van der Waals surface area (Å²) in [7, 11) is 0. The molecule has 0 radical (unpaired) electrons. The van der Waals surface area contributed by atoms with Crippen molar-refractivity contribution in [2.75, 3.05) is 11.9 Å². The van der Waals surface area contributed by atoms with Gasteiger partial charge in [0.25, 0.3) is 0 Å². The molecule has 0 saturated carbocycles. The third kappa shape index (κ3) is 3.67. The SMILES string of the molecule is CCCOc1cccnc1NC(C)c1nc(C)cs1. The maximum Gasteiger partial charge on any atom is 0.169 e. The molecule has 102 valence electrons. The van der Waals surface area contributed by atoms with Crippen LogP contribution in [0.25, 0.3) is 0 Å². The molecule has 0 spiro atoms. The van der Waals surface area contributed by atoms with Crippen LogP contribution < -0.4 is 10.1 Å². The highest BCUT2D eigenvalue weighted by atomic mass is 32.1. The fourth-order valence-corrected chi connectivity index (χ4v) is 2.47. The van der Waals surface area contributed by atoms with Crippen LogP contribution >= 0.6 is 11.3 Å². The first-order valence-corrected chi connectivity index (χ1v) is 7.35. The van der Waals surface area contributed by atoms with E-state index in [9.17, 15) is 0 Å². The van der Waals surface area contributed by atoms with Gasteiger partial charge in [0.2, 0.25) is 0 Å². The predicted octanol–water partition coefficient (Wildman–Crippen LogP) is 3.81. The summed E-state index contributed by atoms with van der Waals surface area (Å²) in [5, 5.41) is 6.48. The second-order valence-electron chi connectivity index (χ2n) is 4.39. The summed E-state index contributed by atoms with van der Waals surface area (Å²) in [6, 6.07) is 3.94. The normalized spacial score (nSPS) is 12.2. The van der Waals surface area contributed by atoms with Crippen molar-refractivity contribution in [3.8, 4) is 5.75 Å². The molecule has 0 fully saturated rings. The molecule has 5 heteroatoms. The Morgan fingerprint density at radius 2 is 2.32 bits per heavy atom. The van der Waals surface area contributed by atoms with Crippen LogP contribution in [-0.2, 0) is 0 Å². The lowest BCUT2D eigenvalue weighted by Crippen LogP contribution is -2.09. The largest absolute Gasteiger partial charge is 0.490 e. The van der Waals surface area contributed by atoms with Gasteiger partial charge in [0.15, 0.2) is 11.6 Å². The summed E-state index contributed by atoms with van der Waals surface area (Å²) in [5.41, 5.74) is 1.05. The molecule has 0 aliphatic heterocycles. The number of pyridine rings is 1. The second kappa shape index (κ2) is 6.52. The maximum absolute atomic E-state index is 5.69. The van der Waals surface area contributed by atoms with Crippen molar-refractivity contribution in [3.63, 3.8) is 0 Å². The van der Waals surface area contributed by atoms with Gasteiger partial charge in [-0.25, -0.2) is 9.97 Å².